The van der Waals surface area contributed by atoms with Gasteiger partial charge in [-0.3, -0.25) is 4.99 Å². The van der Waals surface area contributed by atoms with E-state index in [2.05, 4.69) is 4.99 Å². The Hall–Kier alpha value is -3.33. The van der Waals surface area contributed by atoms with Crippen molar-refractivity contribution in [2.75, 3.05) is 7.05 Å². The molecule has 3 rings (SSSR count). The molecule has 0 aliphatic carbocycles. The summed E-state index contributed by atoms with van der Waals surface area (Å²) in [4.78, 5) is 5.37. The van der Waals surface area contributed by atoms with Crippen LogP contribution in [-0.2, 0) is 12.7 Å². The quantitative estimate of drug-likeness (QED) is 0.742. The molecule has 0 aromatic heterocycles. The number of hydrogen-bond donors (Lipinski definition) is 1. The zero-order chi connectivity index (χ0) is 21.0. The topological polar surface area (TPSA) is 89.2 Å². The highest BCUT2D eigenvalue weighted by molar-refractivity contribution is 6.01. The van der Waals surface area contributed by atoms with Gasteiger partial charge in [-0.25, -0.2) is 4.39 Å². The summed E-state index contributed by atoms with van der Waals surface area (Å²) >= 11 is 0. The molecule has 1 aromatic rings. The average Bonchev–Trinajstić information content (AvgIpc) is 2.98. The molecule has 0 radical (unpaired) electrons. The monoisotopic (exact) mass is 389 g/mol. The van der Waals surface area contributed by atoms with Crippen molar-refractivity contribution >= 4 is 5.84 Å². The Bertz CT molecular complexity index is 1030. The number of rotatable bonds is 1. The number of hydrogen-bond acceptors (Lipinski definition) is 5. The normalized spacial score (nSPS) is 17.5. The van der Waals surface area contributed by atoms with Gasteiger partial charge in [0.2, 0.25) is 0 Å². The molecule has 0 atom stereocenters. The van der Waals surface area contributed by atoms with Gasteiger partial charge >= 0.3 is 6.18 Å². The number of benzene rings is 1. The van der Waals surface area contributed by atoms with Crippen LogP contribution in [-0.4, -0.2) is 17.8 Å². The molecule has 28 heavy (non-hydrogen) atoms. The van der Waals surface area contributed by atoms with Crippen LogP contribution in [0.3, 0.4) is 0 Å². The molecule has 0 spiro atoms. The number of fused-ring (bicyclic) bond motifs is 1. The van der Waals surface area contributed by atoms with E-state index in [0.717, 1.165) is 0 Å². The predicted octanol–water partition coefficient (Wildman–Crippen LogP) is 3.69. The summed E-state index contributed by atoms with van der Waals surface area (Å²) in [5.41, 5.74) is 4.37. The first-order valence-electron chi connectivity index (χ1n) is 8.22. The first kappa shape index (κ1) is 19.4. The van der Waals surface area contributed by atoms with Crippen LogP contribution >= 0.6 is 0 Å². The first-order valence-corrected chi connectivity index (χ1v) is 8.22. The third-order valence-corrected chi connectivity index (χ3v) is 5.28. The van der Waals surface area contributed by atoms with Crippen molar-refractivity contribution in [1.29, 1.82) is 10.5 Å². The van der Waals surface area contributed by atoms with Crippen molar-refractivity contribution in [2.24, 2.45) is 10.7 Å². The summed E-state index contributed by atoms with van der Waals surface area (Å²) in [7, 11) is 1.63. The van der Waals surface area contributed by atoms with E-state index >= 15 is 4.39 Å². The molecule has 0 fully saturated rings. The van der Waals surface area contributed by atoms with Crippen LogP contribution in [0.15, 0.2) is 33.6 Å². The number of alkyl halides is 3. The lowest BCUT2D eigenvalue weighted by Gasteiger charge is -2.33. The van der Waals surface area contributed by atoms with Gasteiger partial charge in [-0.05, 0) is 25.5 Å². The van der Waals surface area contributed by atoms with Gasteiger partial charge in [0.1, 0.15) is 11.7 Å². The van der Waals surface area contributed by atoms with E-state index < -0.39 is 29.0 Å². The molecule has 144 valence electrons. The Balaban J connectivity index is 2.41. The lowest BCUT2D eigenvalue weighted by molar-refractivity contribution is -0.140. The average molecular weight is 389 g/mol. The van der Waals surface area contributed by atoms with E-state index in [4.69, 9.17) is 5.73 Å². The van der Waals surface area contributed by atoms with Gasteiger partial charge in [0, 0.05) is 29.6 Å². The van der Waals surface area contributed by atoms with E-state index in [-0.39, 0.29) is 34.7 Å². The zero-order valence-corrected chi connectivity index (χ0v) is 15.2. The standard InChI is InChI=1S/C19H15F4N5/c1-8-12(5-24)15(13(6-25)9(2)28(8)3)11-4-10-14(7-27-18(10)26)16(17(11)20)19(21,22)23/h4,15H,7H2,1-3H3,(H2,26,27). The maximum Gasteiger partial charge on any atom is 0.419 e. The second-order valence-corrected chi connectivity index (χ2v) is 6.59. The Morgan fingerprint density at radius 3 is 2.18 bits per heavy atom. The van der Waals surface area contributed by atoms with Crippen molar-refractivity contribution in [2.45, 2.75) is 32.5 Å². The molecule has 1 aromatic carbocycles. The predicted molar refractivity (Wildman–Crippen MR) is 93.0 cm³/mol. The maximum atomic E-state index is 15.2. The largest absolute Gasteiger partial charge is 0.419 e. The molecule has 0 bridgehead atoms. The molecule has 5 nitrogen and oxygen atoms in total. The number of aliphatic imine (C=N–C) groups is 1. The molecule has 9 heteroatoms. The SMILES string of the molecule is CC1=C(C#N)C(c2cc3c(c(C(F)(F)F)c2F)CN=C3N)C(C#N)=C(C)N1C. The summed E-state index contributed by atoms with van der Waals surface area (Å²) in [6.07, 6.45) is -4.98. The first-order chi connectivity index (χ1) is 13.0. The highest BCUT2D eigenvalue weighted by Gasteiger charge is 2.43. The van der Waals surface area contributed by atoms with Gasteiger partial charge < -0.3 is 10.6 Å². The minimum Gasteiger partial charge on any atom is -0.383 e. The molecule has 0 saturated carbocycles. The Morgan fingerprint density at radius 2 is 1.71 bits per heavy atom. The van der Waals surface area contributed by atoms with Gasteiger partial charge in [-0.15, -0.1) is 0 Å². The van der Waals surface area contributed by atoms with Crippen LogP contribution in [0.5, 0.6) is 0 Å². The summed E-state index contributed by atoms with van der Waals surface area (Å²) < 4.78 is 56.2. The Morgan fingerprint density at radius 1 is 1.18 bits per heavy atom. The summed E-state index contributed by atoms with van der Waals surface area (Å²) in [6.45, 7) is 2.81. The second-order valence-electron chi connectivity index (χ2n) is 6.59. The van der Waals surface area contributed by atoms with Crippen molar-refractivity contribution < 1.29 is 17.6 Å². The minimum atomic E-state index is -4.98. The Labute approximate surface area is 158 Å². The smallest absolute Gasteiger partial charge is 0.383 e. The van der Waals surface area contributed by atoms with Gasteiger partial charge in [0.05, 0.1) is 41.3 Å². The van der Waals surface area contributed by atoms with Crippen LogP contribution in [0.2, 0.25) is 0 Å². The molecular formula is C19H15F4N5. The molecule has 2 aliphatic rings. The Kier molecular flexibility index (Phi) is 4.43. The number of allylic oxidation sites excluding steroid dienone is 4. The molecular weight excluding hydrogens is 374 g/mol. The fourth-order valence-electron chi connectivity index (χ4n) is 3.64. The van der Waals surface area contributed by atoms with Crippen molar-refractivity contribution in [3.05, 3.63) is 56.7 Å². The lowest BCUT2D eigenvalue weighted by atomic mass is 9.79. The third kappa shape index (κ3) is 2.63. The highest BCUT2D eigenvalue weighted by Crippen LogP contribution is 2.46. The molecule has 0 amide bonds. The highest BCUT2D eigenvalue weighted by atomic mass is 19.4. The fraction of sp³-hybridized carbons (Fsp3) is 0.316. The van der Waals surface area contributed by atoms with Gasteiger partial charge in [-0.2, -0.15) is 23.7 Å². The molecule has 2 N–H and O–H groups in total. The van der Waals surface area contributed by atoms with Crippen LogP contribution in [0.4, 0.5) is 17.6 Å². The lowest BCUT2D eigenvalue weighted by Crippen LogP contribution is -2.27. The number of nitriles is 2. The summed E-state index contributed by atoms with van der Waals surface area (Å²) in [6, 6.07) is 5.03. The number of nitrogens with zero attached hydrogens (tertiary/aromatic N) is 4. The minimum absolute atomic E-state index is 0.00475. The van der Waals surface area contributed by atoms with Crippen LogP contribution in [0.1, 0.15) is 42.0 Å². The maximum absolute atomic E-state index is 15.2. The van der Waals surface area contributed by atoms with Gasteiger partial charge in [0.15, 0.2) is 0 Å². The summed E-state index contributed by atoms with van der Waals surface area (Å²) in [5.74, 6) is -2.90. The van der Waals surface area contributed by atoms with E-state index in [1.807, 2.05) is 12.1 Å². The van der Waals surface area contributed by atoms with Crippen molar-refractivity contribution in [3.63, 3.8) is 0 Å². The zero-order valence-electron chi connectivity index (χ0n) is 15.2. The van der Waals surface area contributed by atoms with Crippen LogP contribution in [0.25, 0.3) is 0 Å². The second kappa shape index (κ2) is 6.38. The molecule has 2 heterocycles. The van der Waals surface area contributed by atoms with E-state index in [0.29, 0.717) is 11.4 Å². The van der Waals surface area contributed by atoms with Crippen LogP contribution < -0.4 is 5.73 Å². The number of nitrogens with two attached hydrogens (primary N) is 1. The number of halogens is 4. The van der Waals surface area contributed by atoms with Gasteiger partial charge in [0.25, 0.3) is 0 Å². The molecule has 0 saturated heterocycles. The number of amidine groups is 1. The summed E-state index contributed by atoms with van der Waals surface area (Å²) in [5, 5.41) is 19.2. The van der Waals surface area contributed by atoms with Crippen molar-refractivity contribution in [1.82, 2.24) is 4.90 Å². The van der Waals surface area contributed by atoms with E-state index in [9.17, 15) is 23.7 Å². The fourth-order valence-corrected chi connectivity index (χ4v) is 3.64. The van der Waals surface area contributed by atoms with Crippen LogP contribution in [0, 0.1) is 28.5 Å². The third-order valence-electron chi connectivity index (χ3n) is 5.28. The van der Waals surface area contributed by atoms with E-state index in [1.54, 1.807) is 25.8 Å². The molecule has 2 aliphatic heterocycles. The van der Waals surface area contributed by atoms with E-state index in [1.165, 1.54) is 6.07 Å². The van der Waals surface area contributed by atoms with Crippen molar-refractivity contribution in [3.8, 4) is 12.1 Å². The molecule has 0 unspecified atom stereocenters. The van der Waals surface area contributed by atoms with Gasteiger partial charge in [-0.1, -0.05) is 0 Å².